The molecule has 0 saturated heterocycles. The van der Waals surface area contributed by atoms with Gasteiger partial charge in [0.2, 0.25) is 5.89 Å². The van der Waals surface area contributed by atoms with E-state index in [1.165, 1.54) is 0 Å². The van der Waals surface area contributed by atoms with Gasteiger partial charge in [-0.05, 0) is 39.3 Å². The van der Waals surface area contributed by atoms with Crippen molar-refractivity contribution in [2.45, 2.75) is 45.8 Å². The fourth-order valence-corrected chi connectivity index (χ4v) is 2.28. The molecular formula is C16H19ClN2O4. The van der Waals surface area contributed by atoms with Crippen LogP contribution in [-0.2, 0) is 4.74 Å². The molecule has 6 nitrogen and oxygen atoms in total. The smallest absolute Gasteiger partial charge is 0.408 e. The molecule has 1 aromatic heterocycles. The fraction of sp³-hybridized carbons (Fsp3) is 0.438. The largest absolute Gasteiger partial charge is 0.444 e. The zero-order valence-electron chi connectivity index (χ0n) is 13.5. The van der Waals surface area contributed by atoms with Crippen molar-refractivity contribution in [2.75, 3.05) is 0 Å². The molecule has 1 N–H and O–H groups in total. The first-order chi connectivity index (χ1) is 10.7. The molecule has 2 aromatic rings. The van der Waals surface area contributed by atoms with Crippen LogP contribution in [0.1, 0.15) is 46.0 Å². The number of halogens is 1. The number of benzene rings is 1. The average Bonchev–Trinajstić information content (AvgIpc) is 2.42. The van der Waals surface area contributed by atoms with Gasteiger partial charge in [0.15, 0.2) is 0 Å². The number of carbonyl (C=O) groups excluding carboxylic acids is 1. The first kappa shape index (κ1) is 17.3. The van der Waals surface area contributed by atoms with Crippen molar-refractivity contribution in [3.8, 4) is 0 Å². The Kier molecular flexibility index (Phi) is 4.94. The Balaban J connectivity index is 2.34. The fourth-order valence-electron chi connectivity index (χ4n) is 2.03. The molecule has 1 heterocycles. The second kappa shape index (κ2) is 6.58. The number of nitrogens with one attached hydrogen (secondary N) is 1. The standard InChI is InChI=1S/C16H19ClN2O4/c1-5-10(19-15(21)23-16(2,3)4)13-18-11-8-6-7-9(17)12(11)14(20)22-13/h6-8,10H,5H2,1-4H3,(H,19,21). The van der Waals surface area contributed by atoms with E-state index in [4.69, 9.17) is 20.8 Å². The molecule has 0 radical (unpaired) electrons. The summed E-state index contributed by atoms with van der Waals surface area (Å²) in [4.78, 5) is 28.3. The number of amides is 1. The molecule has 0 aliphatic heterocycles. The topological polar surface area (TPSA) is 81.4 Å². The molecule has 1 amide bonds. The Morgan fingerprint density at radius 3 is 2.74 bits per heavy atom. The number of rotatable bonds is 3. The first-order valence-corrected chi connectivity index (χ1v) is 7.68. The van der Waals surface area contributed by atoms with Crippen LogP contribution in [-0.4, -0.2) is 16.7 Å². The molecule has 124 valence electrons. The maximum absolute atomic E-state index is 12.1. The second-order valence-electron chi connectivity index (χ2n) is 6.08. The van der Waals surface area contributed by atoms with E-state index < -0.39 is 23.4 Å². The van der Waals surface area contributed by atoms with Crippen LogP contribution in [0.5, 0.6) is 0 Å². The maximum Gasteiger partial charge on any atom is 0.408 e. The summed E-state index contributed by atoms with van der Waals surface area (Å²) in [5.74, 6) is 0.123. The third-order valence-electron chi connectivity index (χ3n) is 3.02. The SMILES string of the molecule is CCC(NC(=O)OC(C)(C)C)c1nc2cccc(Cl)c2c(=O)o1. The Hall–Kier alpha value is -2.08. The van der Waals surface area contributed by atoms with Gasteiger partial charge in [0, 0.05) is 0 Å². The maximum atomic E-state index is 12.1. The summed E-state index contributed by atoms with van der Waals surface area (Å²) in [5, 5.41) is 3.16. The van der Waals surface area contributed by atoms with Gasteiger partial charge < -0.3 is 14.5 Å². The third kappa shape index (κ3) is 4.22. The quantitative estimate of drug-likeness (QED) is 0.920. The Morgan fingerprint density at radius 2 is 2.13 bits per heavy atom. The van der Waals surface area contributed by atoms with E-state index in [9.17, 15) is 9.59 Å². The van der Waals surface area contributed by atoms with Crippen LogP contribution in [0.3, 0.4) is 0 Å². The lowest BCUT2D eigenvalue weighted by Gasteiger charge is -2.22. The molecule has 1 aromatic carbocycles. The monoisotopic (exact) mass is 338 g/mol. The lowest BCUT2D eigenvalue weighted by molar-refractivity contribution is 0.0493. The normalized spacial score (nSPS) is 12.9. The highest BCUT2D eigenvalue weighted by atomic mass is 35.5. The number of hydrogen-bond acceptors (Lipinski definition) is 5. The second-order valence-corrected chi connectivity index (χ2v) is 6.49. The number of aromatic nitrogens is 1. The van der Waals surface area contributed by atoms with Crippen molar-refractivity contribution in [2.24, 2.45) is 0 Å². The number of nitrogens with zero attached hydrogens (tertiary/aromatic N) is 1. The van der Waals surface area contributed by atoms with E-state index in [1.807, 2.05) is 6.92 Å². The minimum Gasteiger partial charge on any atom is -0.444 e. The molecule has 23 heavy (non-hydrogen) atoms. The Morgan fingerprint density at radius 1 is 1.43 bits per heavy atom. The molecule has 7 heteroatoms. The first-order valence-electron chi connectivity index (χ1n) is 7.30. The zero-order chi connectivity index (χ0) is 17.2. The Labute approximate surface area is 138 Å². The van der Waals surface area contributed by atoms with Crippen molar-refractivity contribution >= 4 is 28.6 Å². The number of hydrogen-bond donors (Lipinski definition) is 1. The lowest BCUT2D eigenvalue weighted by atomic mass is 10.2. The van der Waals surface area contributed by atoms with E-state index >= 15 is 0 Å². The van der Waals surface area contributed by atoms with Gasteiger partial charge in [-0.1, -0.05) is 24.6 Å². The zero-order valence-corrected chi connectivity index (χ0v) is 14.2. The number of carbonyl (C=O) groups is 1. The summed E-state index contributed by atoms with van der Waals surface area (Å²) in [7, 11) is 0. The predicted octanol–water partition coefficient (Wildman–Crippen LogP) is 3.82. The molecule has 0 fully saturated rings. The molecule has 0 aliphatic carbocycles. The van der Waals surface area contributed by atoms with E-state index in [0.29, 0.717) is 11.9 Å². The van der Waals surface area contributed by atoms with Crippen molar-refractivity contribution < 1.29 is 13.9 Å². The molecule has 0 saturated carbocycles. The average molecular weight is 339 g/mol. The molecular weight excluding hydrogens is 320 g/mol. The van der Waals surface area contributed by atoms with Gasteiger partial charge in [0.25, 0.3) is 0 Å². The summed E-state index contributed by atoms with van der Waals surface area (Å²) in [6.45, 7) is 7.14. The third-order valence-corrected chi connectivity index (χ3v) is 3.34. The van der Waals surface area contributed by atoms with Crippen LogP contribution < -0.4 is 10.9 Å². The van der Waals surface area contributed by atoms with Gasteiger partial charge >= 0.3 is 11.7 Å². The number of alkyl carbamates (subject to hydrolysis) is 1. The summed E-state index contributed by atoms with van der Waals surface area (Å²) in [5.41, 5.74) is -0.777. The summed E-state index contributed by atoms with van der Waals surface area (Å²) < 4.78 is 10.4. The van der Waals surface area contributed by atoms with Crippen molar-refractivity contribution in [1.82, 2.24) is 10.3 Å². The molecule has 0 aliphatic rings. The van der Waals surface area contributed by atoms with E-state index in [2.05, 4.69) is 10.3 Å². The van der Waals surface area contributed by atoms with Crippen LogP contribution >= 0.6 is 11.6 Å². The summed E-state index contributed by atoms with van der Waals surface area (Å²) >= 11 is 6.00. The van der Waals surface area contributed by atoms with Crippen molar-refractivity contribution in [3.05, 3.63) is 39.5 Å². The molecule has 1 unspecified atom stereocenters. The van der Waals surface area contributed by atoms with E-state index in [1.54, 1.807) is 39.0 Å². The van der Waals surface area contributed by atoms with Gasteiger partial charge in [0.1, 0.15) is 17.0 Å². The Bertz CT molecular complexity index is 780. The van der Waals surface area contributed by atoms with Crippen molar-refractivity contribution in [3.63, 3.8) is 0 Å². The van der Waals surface area contributed by atoms with E-state index in [0.717, 1.165) is 0 Å². The molecule has 1 atom stereocenters. The number of fused-ring (bicyclic) bond motifs is 1. The highest BCUT2D eigenvalue weighted by molar-refractivity contribution is 6.35. The molecule has 2 rings (SSSR count). The van der Waals surface area contributed by atoms with Gasteiger partial charge in [-0.15, -0.1) is 0 Å². The van der Waals surface area contributed by atoms with Crippen LogP contribution in [0.25, 0.3) is 10.9 Å². The molecule has 0 spiro atoms. The van der Waals surface area contributed by atoms with Gasteiger partial charge in [-0.3, -0.25) is 0 Å². The number of ether oxygens (including phenoxy) is 1. The van der Waals surface area contributed by atoms with Gasteiger partial charge in [-0.2, -0.15) is 0 Å². The summed E-state index contributed by atoms with van der Waals surface area (Å²) in [6, 6.07) is 4.39. The molecule has 0 bridgehead atoms. The van der Waals surface area contributed by atoms with Crippen LogP contribution in [0, 0.1) is 0 Å². The van der Waals surface area contributed by atoms with Crippen molar-refractivity contribution in [1.29, 1.82) is 0 Å². The van der Waals surface area contributed by atoms with Crippen LogP contribution in [0.4, 0.5) is 4.79 Å². The van der Waals surface area contributed by atoms with Crippen LogP contribution in [0.2, 0.25) is 5.02 Å². The highest BCUT2D eigenvalue weighted by Crippen LogP contribution is 2.21. The minimum absolute atomic E-state index is 0.123. The van der Waals surface area contributed by atoms with Gasteiger partial charge in [0.05, 0.1) is 10.5 Å². The van der Waals surface area contributed by atoms with Gasteiger partial charge in [-0.25, -0.2) is 14.6 Å². The summed E-state index contributed by atoms with van der Waals surface area (Å²) in [6.07, 6.45) is -0.110. The lowest BCUT2D eigenvalue weighted by Crippen LogP contribution is -2.35. The highest BCUT2D eigenvalue weighted by Gasteiger charge is 2.23. The van der Waals surface area contributed by atoms with Crippen LogP contribution in [0.15, 0.2) is 27.4 Å². The minimum atomic E-state index is -0.618. The van der Waals surface area contributed by atoms with E-state index in [-0.39, 0.29) is 16.3 Å². The predicted molar refractivity (Wildman–Crippen MR) is 87.7 cm³/mol.